The van der Waals surface area contributed by atoms with Crippen LogP contribution in [0.5, 0.6) is 0 Å². The van der Waals surface area contributed by atoms with E-state index in [1.54, 1.807) is 0 Å². The first-order chi connectivity index (χ1) is 46.4. The van der Waals surface area contributed by atoms with Gasteiger partial charge in [0.15, 0.2) is 12.2 Å². The Morgan fingerprint density at radius 2 is 0.479 bits per heavy atom. The molecule has 96 heavy (non-hydrogen) atoms. The molecule has 0 saturated carbocycles. The maximum Gasteiger partial charge on any atom is 0.472 e. The van der Waals surface area contributed by atoms with E-state index in [0.717, 1.165) is 102 Å². The Morgan fingerprint density at radius 3 is 0.708 bits per heavy atom. The monoisotopic (exact) mass is 1410 g/mol. The first-order valence-electron chi connectivity index (χ1n) is 40.0. The van der Waals surface area contributed by atoms with Crippen LogP contribution >= 0.6 is 15.6 Å². The fraction of sp³-hybridized carbons (Fsp3) is 0.948. The summed E-state index contributed by atoms with van der Waals surface area (Å²) in [6.07, 6.45) is 57.0. The molecule has 0 saturated heterocycles. The Bertz CT molecular complexity index is 1860. The smallest absolute Gasteiger partial charge is 0.462 e. The minimum absolute atomic E-state index is 0.105. The summed E-state index contributed by atoms with van der Waals surface area (Å²) in [6.45, 7) is 9.56. The normalized spacial score (nSPS) is 14.0. The number of ether oxygens (including phenoxy) is 4. The highest BCUT2D eigenvalue weighted by atomic mass is 31.2. The number of rotatable bonds is 76. The lowest BCUT2D eigenvalue weighted by Crippen LogP contribution is -2.30. The molecule has 0 radical (unpaired) electrons. The zero-order chi connectivity index (χ0) is 70.7. The molecule has 0 aliphatic heterocycles. The topological polar surface area (TPSA) is 237 Å². The number of aliphatic hydroxyl groups is 1. The third-order valence-corrected chi connectivity index (χ3v) is 19.9. The molecule has 0 heterocycles. The summed E-state index contributed by atoms with van der Waals surface area (Å²) in [5.41, 5.74) is 0. The van der Waals surface area contributed by atoms with E-state index in [1.165, 1.54) is 218 Å². The predicted octanol–water partition coefficient (Wildman–Crippen LogP) is 22.7. The van der Waals surface area contributed by atoms with Crippen LogP contribution in [-0.4, -0.2) is 96.7 Å². The lowest BCUT2D eigenvalue weighted by Gasteiger charge is -2.21. The van der Waals surface area contributed by atoms with Gasteiger partial charge in [-0.05, 0) is 37.5 Å². The van der Waals surface area contributed by atoms with Crippen LogP contribution in [0.2, 0.25) is 0 Å². The molecule has 0 aliphatic carbocycles. The molecule has 0 rings (SSSR count). The number of esters is 4. The summed E-state index contributed by atoms with van der Waals surface area (Å²) in [5.74, 6) is -0.609. The molecule has 0 amide bonds. The van der Waals surface area contributed by atoms with Crippen LogP contribution in [0.3, 0.4) is 0 Å². The lowest BCUT2D eigenvalue weighted by molar-refractivity contribution is -0.161. The average Bonchev–Trinajstić information content (AvgIpc) is 2.35. The molecule has 0 aliphatic rings. The molecule has 0 aromatic heterocycles. The SMILES string of the molecule is CCCCCCCCCCCCCCCCCCCCCCCC(=O)O[C@H](COC(=O)CCCCCCCCCCCCCC(C)C)COP(=O)(O)OC[C@@H](O)COP(=O)(O)OC[C@@H](COC(=O)CCCCCCCCCCC)OC(=O)CCCCCCCCCCCC(C)C. The Kier molecular flexibility index (Phi) is 67.4. The predicted molar refractivity (Wildman–Crippen MR) is 391 cm³/mol. The molecule has 570 valence electrons. The second-order valence-electron chi connectivity index (χ2n) is 28.7. The zero-order valence-electron chi connectivity index (χ0n) is 62.7. The summed E-state index contributed by atoms with van der Waals surface area (Å²) in [7, 11) is -9.91. The van der Waals surface area contributed by atoms with E-state index in [9.17, 15) is 43.2 Å². The number of phosphoric ester groups is 2. The molecular formula is C77H150O17P2. The van der Waals surface area contributed by atoms with Gasteiger partial charge in [-0.3, -0.25) is 37.3 Å². The van der Waals surface area contributed by atoms with Crippen molar-refractivity contribution in [2.24, 2.45) is 11.8 Å². The highest BCUT2D eigenvalue weighted by Gasteiger charge is 2.30. The number of carbonyl (C=O) groups is 4. The molecule has 19 heteroatoms. The van der Waals surface area contributed by atoms with Crippen LogP contribution in [0.15, 0.2) is 0 Å². The van der Waals surface area contributed by atoms with Crippen molar-refractivity contribution < 1.29 is 80.2 Å². The highest BCUT2D eigenvalue weighted by Crippen LogP contribution is 2.45. The first kappa shape index (κ1) is 94.1. The highest BCUT2D eigenvalue weighted by molar-refractivity contribution is 7.47. The summed E-state index contributed by atoms with van der Waals surface area (Å²) in [6, 6.07) is 0. The minimum atomic E-state index is -4.96. The molecule has 3 N–H and O–H groups in total. The maximum absolute atomic E-state index is 13.1. The molecule has 17 nitrogen and oxygen atoms in total. The minimum Gasteiger partial charge on any atom is -0.462 e. The van der Waals surface area contributed by atoms with Gasteiger partial charge in [0.05, 0.1) is 26.4 Å². The third-order valence-electron chi connectivity index (χ3n) is 18.0. The van der Waals surface area contributed by atoms with Crippen LogP contribution in [-0.2, 0) is 65.4 Å². The van der Waals surface area contributed by atoms with Gasteiger partial charge in [0.25, 0.3) is 0 Å². The molecule has 0 aromatic rings. The van der Waals surface area contributed by atoms with E-state index >= 15 is 0 Å². The Hall–Kier alpha value is -1.94. The van der Waals surface area contributed by atoms with Crippen molar-refractivity contribution in [3.63, 3.8) is 0 Å². The number of unbranched alkanes of at least 4 members (excludes halogenated alkanes) is 46. The van der Waals surface area contributed by atoms with Crippen LogP contribution < -0.4 is 0 Å². The van der Waals surface area contributed by atoms with Crippen molar-refractivity contribution in [1.29, 1.82) is 0 Å². The zero-order valence-corrected chi connectivity index (χ0v) is 64.5. The lowest BCUT2D eigenvalue weighted by atomic mass is 10.0. The summed E-state index contributed by atoms with van der Waals surface area (Å²) >= 11 is 0. The molecule has 0 fully saturated rings. The van der Waals surface area contributed by atoms with E-state index in [-0.39, 0.29) is 25.7 Å². The molecular weight excluding hydrogens is 1260 g/mol. The second kappa shape index (κ2) is 68.8. The fourth-order valence-electron chi connectivity index (χ4n) is 11.8. The van der Waals surface area contributed by atoms with Gasteiger partial charge in [-0.25, -0.2) is 9.13 Å². The van der Waals surface area contributed by atoms with Crippen LogP contribution in [0.1, 0.15) is 401 Å². The Labute approximate surface area is 588 Å². The van der Waals surface area contributed by atoms with Crippen LogP contribution in [0, 0.1) is 11.8 Å². The van der Waals surface area contributed by atoms with Crippen LogP contribution in [0.25, 0.3) is 0 Å². The van der Waals surface area contributed by atoms with Crippen molar-refractivity contribution in [1.82, 2.24) is 0 Å². The molecule has 2 unspecified atom stereocenters. The summed E-state index contributed by atoms with van der Waals surface area (Å²) in [4.78, 5) is 72.8. The third kappa shape index (κ3) is 70.5. The molecule has 0 spiro atoms. The summed E-state index contributed by atoms with van der Waals surface area (Å²) < 4.78 is 68.5. The van der Waals surface area contributed by atoms with Crippen molar-refractivity contribution in [3.05, 3.63) is 0 Å². The van der Waals surface area contributed by atoms with Gasteiger partial charge in [-0.2, -0.15) is 0 Å². The number of hydrogen-bond donors (Lipinski definition) is 3. The van der Waals surface area contributed by atoms with Gasteiger partial charge >= 0.3 is 39.5 Å². The molecule has 0 aromatic carbocycles. The van der Waals surface area contributed by atoms with Crippen molar-refractivity contribution in [3.8, 4) is 0 Å². The van der Waals surface area contributed by atoms with E-state index in [2.05, 4.69) is 41.5 Å². The fourth-order valence-corrected chi connectivity index (χ4v) is 13.4. The van der Waals surface area contributed by atoms with Crippen molar-refractivity contribution in [2.75, 3.05) is 39.6 Å². The molecule has 0 bridgehead atoms. The van der Waals surface area contributed by atoms with E-state index in [4.69, 9.17) is 37.0 Å². The van der Waals surface area contributed by atoms with Gasteiger partial charge in [-0.15, -0.1) is 0 Å². The Balaban J connectivity index is 5.19. The van der Waals surface area contributed by atoms with E-state index in [1.807, 2.05) is 0 Å². The van der Waals surface area contributed by atoms with E-state index in [0.29, 0.717) is 25.7 Å². The standard InChI is InChI=1S/C77H150O17P2/c1-7-9-11-13-15-17-18-19-20-21-22-23-24-25-26-27-30-37-43-49-55-61-76(81)93-73(66-88-75(80)60-54-48-42-36-31-28-29-34-39-45-51-57-69(3)4)68-92-96(85,86)90-64-71(78)63-89-95(83,84)91-67-72(65-87-74(79)59-53-47-41-33-16-14-12-10-8-2)94-77(82)62-56-50-44-38-32-35-40-46-52-58-70(5)6/h69-73,78H,7-68H2,1-6H3,(H,83,84)(H,85,86)/t71-,72+,73+/m0/s1. The van der Waals surface area contributed by atoms with E-state index < -0.39 is 97.5 Å². The quantitative estimate of drug-likeness (QED) is 0.0222. The number of aliphatic hydroxyl groups excluding tert-OH is 1. The first-order valence-corrected chi connectivity index (χ1v) is 43.0. The number of carbonyl (C=O) groups excluding carboxylic acids is 4. The number of hydrogen-bond acceptors (Lipinski definition) is 15. The Morgan fingerprint density at radius 1 is 0.281 bits per heavy atom. The van der Waals surface area contributed by atoms with Gasteiger partial charge in [0.1, 0.15) is 19.3 Å². The van der Waals surface area contributed by atoms with Gasteiger partial charge < -0.3 is 33.8 Å². The maximum atomic E-state index is 13.1. The molecule has 5 atom stereocenters. The summed E-state index contributed by atoms with van der Waals surface area (Å²) in [5, 5.41) is 10.6. The van der Waals surface area contributed by atoms with Gasteiger partial charge in [0, 0.05) is 25.7 Å². The van der Waals surface area contributed by atoms with Crippen molar-refractivity contribution >= 4 is 39.5 Å². The largest absolute Gasteiger partial charge is 0.472 e. The number of phosphoric acid groups is 2. The van der Waals surface area contributed by atoms with Crippen molar-refractivity contribution in [2.45, 2.75) is 419 Å². The van der Waals surface area contributed by atoms with Crippen LogP contribution in [0.4, 0.5) is 0 Å². The average molecular weight is 1410 g/mol. The second-order valence-corrected chi connectivity index (χ2v) is 31.6. The van der Waals surface area contributed by atoms with Gasteiger partial charge in [-0.1, -0.05) is 350 Å². The van der Waals surface area contributed by atoms with Gasteiger partial charge in [0.2, 0.25) is 0 Å².